The number of hydrogen-bond acceptors (Lipinski definition) is 0. The molecule has 0 saturated heterocycles. The van der Waals surface area contributed by atoms with Crippen molar-refractivity contribution in [2.45, 2.75) is 6.42 Å². The lowest BCUT2D eigenvalue weighted by Crippen LogP contribution is -1.94. The van der Waals surface area contributed by atoms with Crippen molar-refractivity contribution in [3.63, 3.8) is 0 Å². The van der Waals surface area contributed by atoms with Gasteiger partial charge in [-0.3, -0.25) is 0 Å². The Morgan fingerprint density at radius 1 is 0.200 bits per heavy atom. The maximum atomic E-state index is 2.43. The van der Waals surface area contributed by atoms with Gasteiger partial charge in [-0.2, -0.15) is 0 Å². The minimum Gasteiger partial charge on any atom is -0.309 e. The van der Waals surface area contributed by atoms with E-state index in [1.54, 1.807) is 0 Å². The molecule has 0 aliphatic heterocycles. The quantitative estimate of drug-likeness (QED) is 0.144. The van der Waals surface area contributed by atoms with Gasteiger partial charge in [0.25, 0.3) is 0 Å². The first-order valence-corrected chi connectivity index (χ1v) is 26.0. The highest BCUT2D eigenvalue weighted by Gasteiger charge is 2.22. The molecule has 0 fully saturated rings. The van der Waals surface area contributed by atoms with E-state index in [0.29, 0.717) is 0 Å². The van der Waals surface area contributed by atoms with Gasteiger partial charge in [0, 0.05) is 32.9 Å². The molecule has 350 valence electrons. The average Bonchev–Trinajstić information content (AvgIpc) is 4.19. The van der Waals surface area contributed by atoms with Gasteiger partial charge in [0.15, 0.2) is 0 Å². The number of aromatic nitrogens is 2. The molecule has 75 heavy (non-hydrogen) atoms. The summed E-state index contributed by atoms with van der Waals surface area (Å²) in [6, 6.07) is 103. The van der Waals surface area contributed by atoms with Crippen molar-refractivity contribution in [3.8, 4) is 89.3 Å². The normalized spacial score (nSPS) is 11.9. The van der Waals surface area contributed by atoms with Gasteiger partial charge >= 0.3 is 0 Å². The van der Waals surface area contributed by atoms with E-state index in [0.717, 1.165) is 17.8 Å². The minimum atomic E-state index is 0.945. The van der Waals surface area contributed by atoms with Gasteiger partial charge in [-0.15, -0.1) is 0 Å². The van der Waals surface area contributed by atoms with Crippen LogP contribution >= 0.6 is 0 Å². The maximum absolute atomic E-state index is 2.43. The van der Waals surface area contributed by atoms with E-state index in [2.05, 4.69) is 288 Å². The van der Waals surface area contributed by atoms with E-state index < -0.39 is 0 Å². The van der Waals surface area contributed by atoms with Crippen LogP contribution in [0.2, 0.25) is 0 Å². The number of nitrogens with zero attached hydrogens (tertiary/aromatic N) is 2. The molecule has 0 atom stereocenters. The van der Waals surface area contributed by atoms with Crippen LogP contribution in [0.5, 0.6) is 0 Å². The zero-order valence-electron chi connectivity index (χ0n) is 41.2. The highest BCUT2D eigenvalue weighted by atomic mass is 15.0. The second-order valence-electron chi connectivity index (χ2n) is 20.1. The van der Waals surface area contributed by atoms with Crippen molar-refractivity contribution in [1.29, 1.82) is 0 Å². The molecule has 2 aromatic heterocycles. The molecule has 0 radical (unpaired) electrons. The molecule has 12 aromatic carbocycles. The molecular formula is C73H48N2. The van der Waals surface area contributed by atoms with E-state index >= 15 is 0 Å². The number of hydrogen-bond donors (Lipinski definition) is 0. The number of benzene rings is 12. The Bertz CT molecular complexity index is 4000. The monoisotopic (exact) mass is 952 g/mol. The van der Waals surface area contributed by atoms with Crippen LogP contribution in [0.25, 0.3) is 133 Å². The van der Waals surface area contributed by atoms with Crippen molar-refractivity contribution < 1.29 is 0 Å². The molecule has 2 nitrogen and oxygen atoms in total. The fourth-order valence-corrected chi connectivity index (χ4v) is 12.0. The molecule has 1 aliphatic rings. The lowest BCUT2D eigenvalue weighted by atomic mass is 9.96. The molecular weight excluding hydrogens is 905 g/mol. The smallest absolute Gasteiger partial charge is 0.0541 e. The Morgan fingerprint density at radius 2 is 0.440 bits per heavy atom. The Kier molecular flexibility index (Phi) is 9.99. The van der Waals surface area contributed by atoms with Crippen LogP contribution in [0.4, 0.5) is 0 Å². The van der Waals surface area contributed by atoms with Crippen molar-refractivity contribution in [2.24, 2.45) is 0 Å². The predicted octanol–water partition coefficient (Wildman–Crippen LogP) is 19.5. The summed E-state index contributed by atoms with van der Waals surface area (Å²) in [4.78, 5) is 0. The Morgan fingerprint density at radius 3 is 0.733 bits per heavy atom. The van der Waals surface area contributed by atoms with Gasteiger partial charge in [0.2, 0.25) is 0 Å². The van der Waals surface area contributed by atoms with Gasteiger partial charge < -0.3 is 9.13 Å². The lowest BCUT2D eigenvalue weighted by molar-refractivity contribution is 1.18. The summed E-state index contributed by atoms with van der Waals surface area (Å²) >= 11 is 0. The van der Waals surface area contributed by atoms with Gasteiger partial charge in [-0.25, -0.2) is 0 Å². The predicted molar refractivity (Wildman–Crippen MR) is 316 cm³/mol. The first kappa shape index (κ1) is 42.9. The molecule has 0 bridgehead atoms. The molecule has 14 aromatic rings. The third-order valence-electron chi connectivity index (χ3n) is 15.8. The van der Waals surface area contributed by atoms with E-state index in [4.69, 9.17) is 0 Å². The Labute approximate surface area is 436 Å². The van der Waals surface area contributed by atoms with Crippen molar-refractivity contribution in [2.75, 3.05) is 0 Å². The van der Waals surface area contributed by atoms with Crippen molar-refractivity contribution in [1.82, 2.24) is 9.13 Å². The third-order valence-corrected chi connectivity index (χ3v) is 15.8. The third kappa shape index (κ3) is 7.33. The fraction of sp³-hybridized carbons (Fsp3) is 0.0137. The fourth-order valence-electron chi connectivity index (χ4n) is 12.0. The first-order valence-electron chi connectivity index (χ1n) is 26.0. The highest BCUT2D eigenvalue weighted by Crippen LogP contribution is 2.43. The van der Waals surface area contributed by atoms with Crippen LogP contribution in [0.1, 0.15) is 11.1 Å². The van der Waals surface area contributed by atoms with Gasteiger partial charge in [0.1, 0.15) is 0 Å². The molecule has 0 unspecified atom stereocenters. The molecule has 0 N–H and O–H groups in total. The molecule has 2 heterocycles. The zero-order valence-corrected chi connectivity index (χ0v) is 41.2. The molecule has 1 aliphatic carbocycles. The zero-order chi connectivity index (χ0) is 49.4. The lowest BCUT2D eigenvalue weighted by Gasteiger charge is -2.12. The maximum Gasteiger partial charge on any atom is 0.0541 e. The first-order chi connectivity index (χ1) is 37.1. The van der Waals surface area contributed by atoms with E-state index in [-0.39, 0.29) is 0 Å². The van der Waals surface area contributed by atoms with Gasteiger partial charge in [-0.05, 0) is 180 Å². The summed E-state index contributed by atoms with van der Waals surface area (Å²) in [5, 5.41) is 5.00. The minimum absolute atomic E-state index is 0.945. The molecule has 0 amide bonds. The molecule has 0 spiro atoms. The average molecular weight is 953 g/mol. The molecule has 0 saturated carbocycles. The molecule has 15 rings (SSSR count). The van der Waals surface area contributed by atoms with Crippen LogP contribution in [-0.2, 0) is 6.42 Å². The Balaban J connectivity index is 0.756. The van der Waals surface area contributed by atoms with E-state index in [1.807, 2.05) is 0 Å². The highest BCUT2D eigenvalue weighted by molar-refractivity contribution is 6.13. The number of rotatable bonds is 8. The molecule has 2 heteroatoms. The second kappa shape index (κ2) is 17.5. The van der Waals surface area contributed by atoms with E-state index in [9.17, 15) is 0 Å². The number of fused-ring (bicyclic) bond motifs is 9. The van der Waals surface area contributed by atoms with Crippen LogP contribution in [0.15, 0.2) is 279 Å². The summed E-state index contributed by atoms with van der Waals surface area (Å²) in [5.41, 5.74) is 27.1. The van der Waals surface area contributed by atoms with Crippen molar-refractivity contribution in [3.05, 3.63) is 290 Å². The standard InChI is InChI=1S/C73H48N2/c1-5-13-48(14-6-1)56-29-37-70-66(44-56)67-45-57(49-15-7-2-8-16-49)30-38-71(67)74(70)62-33-25-52(26-34-62)54-21-23-60-41-61-24-22-55(43-65(61)64(60)42-54)53-27-35-63(36-28-53)75-72-39-31-58(50-17-9-3-10-18-50)46-68(72)69-47-59(32-40-73(69)75)51-19-11-4-12-20-51/h1-40,42-47H,41H2. The largest absolute Gasteiger partial charge is 0.309 e. The van der Waals surface area contributed by atoms with Gasteiger partial charge in [-0.1, -0.05) is 194 Å². The summed E-state index contributed by atoms with van der Waals surface area (Å²) < 4.78 is 4.86. The summed E-state index contributed by atoms with van der Waals surface area (Å²) in [5.74, 6) is 0. The second-order valence-corrected chi connectivity index (χ2v) is 20.1. The summed E-state index contributed by atoms with van der Waals surface area (Å²) in [6.07, 6.45) is 0.945. The summed E-state index contributed by atoms with van der Waals surface area (Å²) in [6.45, 7) is 0. The topological polar surface area (TPSA) is 9.86 Å². The van der Waals surface area contributed by atoms with Gasteiger partial charge in [0.05, 0.1) is 22.1 Å². The van der Waals surface area contributed by atoms with Crippen LogP contribution < -0.4 is 0 Å². The van der Waals surface area contributed by atoms with Crippen molar-refractivity contribution >= 4 is 43.6 Å². The summed E-state index contributed by atoms with van der Waals surface area (Å²) in [7, 11) is 0. The van der Waals surface area contributed by atoms with E-state index in [1.165, 1.54) is 133 Å². The van der Waals surface area contributed by atoms with Crippen LogP contribution in [0.3, 0.4) is 0 Å². The van der Waals surface area contributed by atoms with Crippen LogP contribution in [0, 0.1) is 0 Å². The SMILES string of the molecule is c1ccc(-c2ccc3c(c2)c2cc(-c4ccccc4)ccc2n3-c2ccc(-c3ccc4c(c3)-c3cc(-c5ccc(-n6c7ccc(-c8ccccc8)cc7c7cc(-c8ccccc8)ccc76)cc5)ccc3C4)cc2)cc1. The Hall–Kier alpha value is -9.76. The van der Waals surface area contributed by atoms with Crippen LogP contribution in [-0.4, -0.2) is 9.13 Å².